The van der Waals surface area contributed by atoms with Crippen molar-refractivity contribution in [2.75, 3.05) is 5.32 Å². The highest BCUT2D eigenvalue weighted by atomic mass is 32.2. The Morgan fingerprint density at radius 3 is 2.26 bits per heavy atom. The summed E-state index contributed by atoms with van der Waals surface area (Å²) < 4.78 is 31.7. The average molecular weight is 391 g/mol. The summed E-state index contributed by atoms with van der Waals surface area (Å²) in [5.41, 5.74) is 0.480. The summed E-state index contributed by atoms with van der Waals surface area (Å²) in [6, 6.07) is 10.2. The minimum atomic E-state index is -3.61. The summed E-state index contributed by atoms with van der Waals surface area (Å²) in [4.78, 5) is 28.0. The van der Waals surface area contributed by atoms with Gasteiger partial charge >= 0.3 is 5.97 Å². The van der Waals surface area contributed by atoms with Crippen LogP contribution in [0.25, 0.3) is 0 Å². The molecule has 1 atom stereocenters. The molecule has 144 valence electrons. The molecule has 0 radical (unpaired) electrons. The fraction of sp³-hybridized carbons (Fsp3) is 0.278. The van der Waals surface area contributed by atoms with Gasteiger partial charge in [0, 0.05) is 17.9 Å². The second-order valence-electron chi connectivity index (χ2n) is 6.05. The number of aromatic nitrogens is 1. The number of carbonyl (C=O) groups is 2. The van der Waals surface area contributed by atoms with Gasteiger partial charge in [-0.3, -0.25) is 4.79 Å². The Morgan fingerprint density at radius 2 is 1.70 bits per heavy atom. The molecule has 9 heteroatoms. The molecule has 0 bridgehead atoms. The van der Waals surface area contributed by atoms with Crippen molar-refractivity contribution in [3.8, 4) is 0 Å². The molecule has 27 heavy (non-hydrogen) atoms. The van der Waals surface area contributed by atoms with Crippen LogP contribution in [0.5, 0.6) is 0 Å². The van der Waals surface area contributed by atoms with Gasteiger partial charge in [0.25, 0.3) is 5.91 Å². The van der Waals surface area contributed by atoms with Gasteiger partial charge in [-0.05, 0) is 57.2 Å². The summed E-state index contributed by atoms with van der Waals surface area (Å²) in [6.45, 7) is 4.88. The molecule has 8 nitrogen and oxygen atoms in total. The molecule has 1 heterocycles. The highest BCUT2D eigenvalue weighted by molar-refractivity contribution is 7.89. The topological polar surface area (TPSA) is 114 Å². The first-order valence-corrected chi connectivity index (χ1v) is 9.72. The van der Waals surface area contributed by atoms with Gasteiger partial charge in [0.05, 0.1) is 4.90 Å². The predicted molar refractivity (Wildman–Crippen MR) is 99.6 cm³/mol. The van der Waals surface area contributed by atoms with Crippen LogP contribution in [0.2, 0.25) is 0 Å². The summed E-state index contributed by atoms with van der Waals surface area (Å²) in [5, 5.41) is 2.57. The molecule has 0 saturated heterocycles. The maximum absolute atomic E-state index is 12.2. The molecule has 0 saturated carbocycles. The van der Waals surface area contributed by atoms with Crippen LogP contribution in [-0.2, 0) is 19.6 Å². The summed E-state index contributed by atoms with van der Waals surface area (Å²) in [7, 11) is -3.61. The van der Waals surface area contributed by atoms with E-state index in [-0.39, 0.29) is 16.6 Å². The highest BCUT2D eigenvalue weighted by Crippen LogP contribution is 2.15. The number of sulfonamides is 1. The van der Waals surface area contributed by atoms with Crippen LogP contribution >= 0.6 is 0 Å². The third-order valence-electron chi connectivity index (χ3n) is 3.35. The number of ether oxygens (including phenoxy) is 1. The molecule has 2 aromatic rings. The molecule has 0 aliphatic carbocycles. The Bertz CT molecular complexity index is 896. The normalized spacial score (nSPS) is 12.4. The van der Waals surface area contributed by atoms with Crippen LogP contribution in [0.1, 0.15) is 31.3 Å². The largest absolute Gasteiger partial charge is 0.448 e. The summed E-state index contributed by atoms with van der Waals surface area (Å²) in [5.74, 6) is -1.25. The molecule has 0 unspecified atom stereocenters. The molecule has 2 rings (SSSR count). The van der Waals surface area contributed by atoms with Crippen LogP contribution in [0, 0.1) is 0 Å². The van der Waals surface area contributed by atoms with Crippen molar-refractivity contribution in [1.82, 2.24) is 9.71 Å². The van der Waals surface area contributed by atoms with E-state index in [2.05, 4.69) is 15.0 Å². The Hall–Kier alpha value is -2.78. The number of benzene rings is 1. The first kappa shape index (κ1) is 20.5. The first-order chi connectivity index (χ1) is 12.7. The van der Waals surface area contributed by atoms with Crippen molar-refractivity contribution in [2.45, 2.75) is 37.8 Å². The van der Waals surface area contributed by atoms with Crippen molar-refractivity contribution in [3.05, 3.63) is 54.4 Å². The van der Waals surface area contributed by atoms with Crippen LogP contribution in [-0.4, -0.2) is 37.4 Å². The van der Waals surface area contributed by atoms with Gasteiger partial charge in [-0.25, -0.2) is 22.9 Å². The fourth-order valence-corrected chi connectivity index (χ4v) is 3.35. The Balaban J connectivity index is 1.98. The van der Waals surface area contributed by atoms with Crippen LogP contribution < -0.4 is 10.0 Å². The number of hydrogen-bond acceptors (Lipinski definition) is 6. The smallest absolute Gasteiger partial charge is 0.357 e. The summed E-state index contributed by atoms with van der Waals surface area (Å²) in [6.07, 6.45) is 0.399. The molecule has 0 spiro atoms. The Morgan fingerprint density at radius 1 is 1.04 bits per heavy atom. The molecular weight excluding hydrogens is 370 g/mol. The highest BCUT2D eigenvalue weighted by Gasteiger charge is 2.20. The first-order valence-electron chi connectivity index (χ1n) is 8.24. The number of hydrogen-bond donors (Lipinski definition) is 2. The van der Waals surface area contributed by atoms with Gasteiger partial charge in [0.15, 0.2) is 6.10 Å². The minimum absolute atomic E-state index is 0.0869. The van der Waals surface area contributed by atoms with E-state index in [0.29, 0.717) is 5.69 Å². The van der Waals surface area contributed by atoms with Crippen LogP contribution in [0.15, 0.2) is 53.6 Å². The van der Waals surface area contributed by atoms with Crippen molar-refractivity contribution >= 4 is 27.6 Å². The van der Waals surface area contributed by atoms with Crippen LogP contribution in [0.3, 0.4) is 0 Å². The van der Waals surface area contributed by atoms with E-state index < -0.39 is 28.0 Å². The van der Waals surface area contributed by atoms with Gasteiger partial charge < -0.3 is 10.1 Å². The maximum atomic E-state index is 12.2. The van der Waals surface area contributed by atoms with E-state index >= 15 is 0 Å². The molecule has 1 amide bonds. The number of anilines is 1. The average Bonchev–Trinajstić information content (AvgIpc) is 2.61. The monoisotopic (exact) mass is 391 g/mol. The molecule has 1 aromatic carbocycles. The van der Waals surface area contributed by atoms with Gasteiger partial charge in [-0.2, -0.15) is 0 Å². The van der Waals surface area contributed by atoms with Crippen molar-refractivity contribution in [3.63, 3.8) is 0 Å². The Kier molecular flexibility index (Phi) is 6.65. The second kappa shape index (κ2) is 8.74. The van der Waals surface area contributed by atoms with E-state index in [9.17, 15) is 18.0 Å². The number of pyridine rings is 1. The summed E-state index contributed by atoms with van der Waals surface area (Å²) >= 11 is 0. The van der Waals surface area contributed by atoms with E-state index in [1.54, 1.807) is 26.0 Å². The van der Waals surface area contributed by atoms with Crippen LogP contribution in [0.4, 0.5) is 5.69 Å². The molecule has 1 aromatic heterocycles. The van der Waals surface area contributed by atoms with E-state index in [4.69, 9.17) is 4.74 Å². The third kappa shape index (κ3) is 5.87. The zero-order valence-corrected chi connectivity index (χ0v) is 16.0. The molecule has 0 fully saturated rings. The standard InChI is InChI=1S/C18H21N3O5S/c1-12(2)21-27(24,25)15-9-7-14(8-10-15)20-17(22)13(3)26-18(23)16-6-4-5-11-19-16/h4-13,21H,1-3H3,(H,20,22)/t13-/m1/s1. The third-order valence-corrected chi connectivity index (χ3v) is 5.02. The lowest BCUT2D eigenvalue weighted by molar-refractivity contribution is -0.123. The Labute approximate surface area is 158 Å². The van der Waals surface area contributed by atoms with E-state index in [1.165, 1.54) is 43.5 Å². The van der Waals surface area contributed by atoms with Gasteiger partial charge in [0.2, 0.25) is 10.0 Å². The SMILES string of the molecule is CC(C)NS(=O)(=O)c1ccc(NC(=O)[C@@H](C)OC(=O)c2ccccn2)cc1. The number of rotatable bonds is 7. The van der Waals surface area contributed by atoms with E-state index in [0.717, 1.165) is 0 Å². The predicted octanol–water partition coefficient (Wildman–Crippen LogP) is 1.95. The second-order valence-corrected chi connectivity index (χ2v) is 7.77. The lowest BCUT2D eigenvalue weighted by Gasteiger charge is -2.14. The number of amides is 1. The maximum Gasteiger partial charge on any atom is 0.357 e. The zero-order valence-electron chi connectivity index (χ0n) is 15.2. The van der Waals surface area contributed by atoms with Crippen molar-refractivity contribution in [1.29, 1.82) is 0 Å². The van der Waals surface area contributed by atoms with Gasteiger partial charge in [0.1, 0.15) is 5.69 Å². The number of carbonyl (C=O) groups excluding carboxylic acids is 2. The van der Waals surface area contributed by atoms with Gasteiger partial charge in [-0.1, -0.05) is 6.07 Å². The molecule has 0 aliphatic rings. The number of nitrogens with one attached hydrogen (secondary N) is 2. The van der Waals surface area contributed by atoms with Gasteiger partial charge in [-0.15, -0.1) is 0 Å². The molecule has 0 aliphatic heterocycles. The zero-order chi connectivity index (χ0) is 20.0. The van der Waals surface area contributed by atoms with Crippen molar-refractivity contribution < 1.29 is 22.7 Å². The minimum Gasteiger partial charge on any atom is -0.448 e. The number of esters is 1. The fourth-order valence-electron chi connectivity index (χ4n) is 2.10. The van der Waals surface area contributed by atoms with E-state index in [1.807, 2.05) is 0 Å². The van der Waals surface area contributed by atoms with Crippen molar-refractivity contribution in [2.24, 2.45) is 0 Å². The lowest BCUT2D eigenvalue weighted by atomic mass is 10.3. The molecule has 2 N–H and O–H groups in total. The lowest BCUT2D eigenvalue weighted by Crippen LogP contribution is -2.31. The number of nitrogens with zero attached hydrogens (tertiary/aromatic N) is 1. The molecular formula is C18H21N3O5S. The quantitative estimate of drug-likeness (QED) is 0.697.